The number of aromatic hydroxyl groups is 1. The molecule has 0 unspecified atom stereocenters. The van der Waals surface area contributed by atoms with Crippen molar-refractivity contribution in [3.8, 4) is 22.7 Å². The molecule has 0 saturated heterocycles. The van der Waals surface area contributed by atoms with Gasteiger partial charge in [0, 0.05) is 18.0 Å². The van der Waals surface area contributed by atoms with Crippen LogP contribution in [-0.4, -0.2) is 30.9 Å². The highest BCUT2D eigenvalue weighted by Gasteiger charge is 2.20. The molecule has 6 heteroatoms. The first-order chi connectivity index (χ1) is 10.2. The molecule has 0 spiro atoms. The second kappa shape index (κ2) is 5.09. The number of carboxylic acid groups (broad SMARTS) is 1. The van der Waals surface area contributed by atoms with Crippen LogP contribution in [0.4, 0.5) is 0 Å². The number of benzene rings is 1. The summed E-state index contributed by atoms with van der Waals surface area (Å²) in [7, 11) is 0. The molecule has 3 aromatic rings. The number of aromatic nitrogens is 3. The molecule has 0 aliphatic carbocycles. The number of rotatable bonds is 3. The van der Waals surface area contributed by atoms with E-state index in [1.54, 1.807) is 42.7 Å². The Morgan fingerprint density at radius 3 is 2.48 bits per heavy atom. The summed E-state index contributed by atoms with van der Waals surface area (Å²) >= 11 is 0. The predicted molar refractivity (Wildman–Crippen MR) is 75.4 cm³/mol. The topological polar surface area (TPSA) is 88.2 Å². The summed E-state index contributed by atoms with van der Waals surface area (Å²) in [5, 5.41) is 23.4. The quantitative estimate of drug-likeness (QED) is 0.769. The number of hydrogen-bond donors (Lipinski definition) is 2. The van der Waals surface area contributed by atoms with Gasteiger partial charge in [-0.15, -0.1) is 0 Å². The Hall–Kier alpha value is -3.15. The van der Waals surface area contributed by atoms with Crippen molar-refractivity contribution in [1.29, 1.82) is 0 Å². The van der Waals surface area contributed by atoms with Crippen LogP contribution in [0.2, 0.25) is 0 Å². The van der Waals surface area contributed by atoms with Gasteiger partial charge in [0.2, 0.25) is 0 Å². The highest BCUT2D eigenvalue weighted by atomic mass is 16.4. The smallest absolute Gasteiger partial charge is 0.339 e. The van der Waals surface area contributed by atoms with Crippen LogP contribution in [0.1, 0.15) is 10.4 Å². The minimum atomic E-state index is -1.08. The predicted octanol–water partition coefficient (Wildman–Crippen LogP) is 2.34. The van der Waals surface area contributed by atoms with Crippen LogP contribution in [0.5, 0.6) is 5.75 Å². The molecule has 0 aliphatic rings. The SMILES string of the molecule is O=C(O)c1cnn(-c2ccccc2O)c1-c1ccncc1. The summed E-state index contributed by atoms with van der Waals surface area (Å²) in [6.07, 6.45) is 4.41. The zero-order valence-electron chi connectivity index (χ0n) is 10.8. The normalized spacial score (nSPS) is 10.5. The number of phenolic OH excluding ortho intramolecular Hbond substituents is 1. The Kier molecular flexibility index (Phi) is 3.12. The van der Waals surface area contributed by atoms with Crippen LogP contribution in [0.3, 0.4) is 0 Å². The number of nitrogens with zero attached hydrogens (tertiary/aromatic N) is 3. The lowest BCUT2D eigenvalue weighted by Gasteiger charge is -2.10. The molecule has 2 aromatic heterocycles. The highest BCUT2D eigenvalue weighted by Crippen LogP contribution is 2.29. The van der Waals surface area contributed by atoms with Crippen molar-refractivity contribution in [2.24, 2.45) is 0 Å². The first-order valence-electron chi connectivity index (χ1n) is 6.18. The molecule has 21 heavy (non-hydrogen) atoms. The molecule has 0 atom stereocenters. The number of aromatic carboxylic acids is 1. The largest absolute Gasteiger partial charge is 0.506 e. The van der Waals surface area contributed by atoms with Gasteiger partial charge in [-0.2, -0.15) is 5.10 Å². The summed E-state index contributed by atoms with van der Waals surface area (Å²) < 4.78 is 1.41. The zero-order valence-corrected chi connectivity index (χ0v) is 10.8. The third-order valence-electron chi connectivity index (χ3n) is 3.06. The lowest BCUT2D eigenvalue weighted by molar-refractivity contribution is 0.0697. The summed E-state index contributed by atoms with van der Waals surface area (Å²) in [6, 6.07) is 10.0. The van der Waals surface area contributed by atoms with Crippen molar-refractivity contribution in [2.45, 2.75) is 0 Å². The van der Waals surface area contributed by atoms with Crippen LogP contribution in [-0.2, 0) is 0 Å². The van der Waals surface area contributed by atoms with Crippen LogP contribution >= 0.6 is 0 Å². The molecule has 2 N–H and O–H groups in total. The van der Waals surface area contributed by atoms with E-state index >= 15 is 0 Å². The van der Waals surface area contributed by atoms with Crippen molar-refractivity contribution in [3.63, 3.8) is 0 Å². The molecule has 0 saturated carbocycles. The molecule has 1 aromatic carbocycles. The van der Waals surface area contributed by atoms with Crippen LogP contribution < -0.4 is 0 Å². The van der Waals surface area contributed by atoms with Crippen LogP contribution in [0.25, 0.3) is 16.9 Å². The summed E-state index contributed by atoms with van der Waals surface area (Å²) in [5.41, 5.74) is 1.52. The molecule has 0 aliphatic heterocycles. The molecular weight excluding hydrogens is 270 g/mol. The fourth-order valence-electron chi connectivity index (χ4n) is 2.12. The van der Waals surface area contributed by atoms with E-state index in [4.69, 9.17) is 0 Å². The van der Waals surface area contributed by atoms with E-state index < -0.39 is 5.97 Å². The molecule has 0 radical (unpaired) electrons. The molecule has 0 bridgehead atoms. The maximum atomic E-state index is 11.4. The second-order valence-electron chi connectivity index (χ2n) is 4.35. The first kappa shape index (κ1) is 12.9. The Morgan fingerprint density at radius 2 is 1.81 bits per heavy atom. The van der Waals surface area contributed by atoms with Crippen LogP contribution in [0.15, 0.2) is 55.0 Å². The average molecular weight is 281 g/mol. The van der Waals surface area contributed by atoms with E-state index in [1.165, 1.54) is 16.9 Å². The molecule has 104 valence electrons. The zero-order chi connectivity index (χ0) is 14.8. The number of hydrogen-bond acceptors (Lipinski definition) is 4. The Morgan fingerprint density at radius 1 is 1.10 bits per heavy atom. The lowest BCUT2D eigenvalue weighted by Crippen LogP contribution is -2.03. The standard InChI is InChI=1S/C15H11N3O3/c19-13-4-2-1-3-12(13)18-14(10-5-7-16-8-6-10)11(9-17-18)15(20)21/h1-9,19H,(H,20,21). The van der Waals surface area contributed by atoms with Gasteiger partial charge in [-0.3, -0.25) is 4.98 Å². The minimum absolute atomic E-state index is 0.0212. The van der Waals surface area contributed by atoms with Gasteiger partial charge in [0.1, 0.15) is 17.0 Å². The second-order valence-corrected chi connectivity index (χ2v) is 4.35. The molecule has 6 nitrogen and oxygen atoms in total. The number of pyridine rings is 1. The van der Waals surface area contributed by atoms with E-state index in [0.717, 1.165) is 0 Å². The van der Waals surface area contributed by atoms with E-state index in [9.17, 15) is 15.0 Å². The van der Waals surface area contributed by atoms with E-state index in [0.29, 0.717) is 16.9 Å². The van der Waals surface area contributed by atoms with Gasteiger partial charge < -0.3 is 10.2 Å². The van der Waals surface area contributed by atoms with Crippen molar-refractivity contribution in [1.82, 2.24) is 14.8 Å². The maximum absolute atomic E-state index is 11.4. The third kappa shape index (κ3) is 2.23. The molecule has 0 amide bonds. The van der Waals surface area contributed by atoms with Gasteiger partial charge in [0.15, 0.2) is 0 Å². The summed E-state index contributed by atoms with van der Waals surface area (Å²) in [4.78, 5) is 15.3. The van der Waals surface area contributed by atoms with E-state index in [2.05, 4.69) is 10.1 Å². The van der Waals surface area contributed by atoms with E-state index in [1.807, 2.05) is 0 Å². The van der Waals surface area contributed by atoms with Crippen molar-refractivity contribution in [2.75, 3.05) is 0 Å². The number of carboxylic acids is 1. The average Bonchev–Trinajstić information content (AvgIpc) is 2.93. The number of para-hydroxylation sites is 2. The number of carbonyl (C=O) groups is 1. The molecule has 0 fully saturated rings. The van der Waals surface area contributed by atoms with Crippen molar-refractivity contribution in [3.05, 3.63) is 60.6 Å². The van der Waals surface area contributed by atoms with Crippen LogP contribution in [0, 0.1) is 0 Å². The Balaban J connectivity index is 2.28. The Bertz CT molecular complexity index is 797. The highest BCUT2D eigenvalue weighted by molar-refractivity contribution is 5.95. The first-order valence-corrected chi connectivity index (χ1v) is 6.18. The maximum Gasteiger partial charge on any atom is 0.339 e. The van der Waals surface area contributed by atoms with Gasteiger partial charge in [-0.1, -0.05) is 12.1 Å². The molecule has 3 rings (SSSR count). The fraction of sp³-hybridized carbons (Fsp3) is 0. The molecule has 2 heterocycles. The third-order valence-corrected chi connectivity index (χ3v) is 3.06. The Labute approximate surface area is 119 Å². The van der Waals surface area contributed by atoms with Gasteiger partial charge in [-0.25, -0.2) is 9.48 Å². The van der Waals surface area contributed by atoms with Crippen molar-refractivity contribution < 1.29 is 15.0 Å². The van der Waals surface area contributed by atoms with Gasteiger partial charge >= 0.3 is 5.97 Å². The van der Waals surface area contributed by atoms with Crippen molar-refractivity contribution >= 4 is 5.97 Å². The summed E-state index contributed by atoms with van der Waals surface area (Å²) in [5.74, 6) is -1.06. The minimum Gasteiger partial charge on any atom is -0.506 e. The lowest BCUT2D eigenvalue weighted by atomic mass is 10.1. The van der Waals surface area contributed by atoms with Gasteiger partial charge in [0.05, 0.1) is 11.9 Å². The van der Waals surface area contributed by atoms with Gasteiger partial charge in [-0.05, 0) is 24.3 Å². The number of phenols is 1. The molecular formula is C15H11N3O3. The van der Waals surface area contributed by atoms with E-state index in [-0.39, 0.29) is 11.3 Å². The van der Waals surface area contributed by atoms with Gasteiger partial charge in [0.25, 0.3) is 0 Å². The monoisotopic (exact) mass is 281 g/mol. The summed E-state index contributed by atoms with van der Waals surface area (Å²) in [6.45, 7) is 0. The fourth-order valence-corrected chi connectivity index (χ4v) is 2.12.